The second kappa shape index (κ2) is 5.80. The maximum absolute atomic E-state index is 4.33. The Bertz CT molecular complexity index is 514. The third kappa shape index (κ3) is 3.39. The summed E-state index contributed by atoms with van der Waals surface area (Å²) in [6, 6.07) is 10.8. The Morgan fingerprint density at radius 1 is 1.21 bits per heavy atom. The third-order valence-electron chi connectivity index (χ3n) is 3.17. The molecule has 0 aliphatic heterocycles. The zero-order valence-corrected chi connectivity index (χ0v) is 12.8. The zero-order chi connectivity index (χ0) is 13.9. The van der Waals surface area contributed by atoms with Crippen molar-refractivity contribution in [1.29, 1.82) is 0 Å². The van der Waals surface area contributed by atoms with Gasteiger partial charge in [0.05, 0.1) is 10.6 Å². The van der Waals surface area contributed by atoms with Crippen LogP contribution in [0.15, 0.2) is 30.3 Å². The van der Waals surface area contributed by atoms with E-state index in [0.717, 1.165) is 12.1 Å². The minimum absolute atomic E-state index is 0.0358. The van der Waals surface area contributed by atoms with Crippen molar-refractivity contribution >= 4 is 11.5 Å². The molecule has 1 heterocycles. The largest absolute Gasteiger partial charge is 0.312 e. The highest BCUT2D eigenvalue weighted by atomic mass is 32.1. The molecule has 0 aliphatic rings. The summed E-state index contributed by atoms with van der Waals surface area (Å²) in [6.45, 7) is 6.55. The summed E-state index contributed by atoms with van der Waals surface area (Å²) in [5.41, 5.74) is 2.47. The van der Waals surface area contributed by atoms with Crippen LogP contribution < -0.4 is 5.32 Å². The van der Waals surface area contributed by atoms with Gasteiger partial charge in [0.1, 0.15) is 0 Å². The summed E-state index contributed by atoms with van der Waals surface area (Å²) in [5.74, 6) is 0. The van der Waals surface area contributed by atoms with Crippen molar-refractivity contribution in [3.8, 4) is 0 Å². The van der Waals surface area contributed by atoms with Gasteiger partial charge in [0.2, 0.25) is 0 Å². The number of nitrogens with one attached hydrogen (secondary N) is 1. The van der Waals surface area contributed by atoms with Crippen LogP contribution in [0.25, 0.3) is 0 Å². The van der Waals surface area contributed by atoms with Gasteiger partial charge >= 0.3 is 0 Å². The second-order valence-electron chi connectivity index (χ2n) is 5.77. The van der Waals surface area contributed by atoms with Crippen LogP contribution in [0.1, 0.15) is 42.9 Å². The molecule has 102 valence electrons. The molecule has 1 atom stereocenters. The Hall–Kier alpha value is -1.26. The average molecular weight is 275 g/mol. The molecule has 19 heavy (non-hydrogen) atoms. The van der Waals surface area contributed by atoms with Gasteiger partial charge in [0.15, 0.2) is 0 Å². The predicted molar refractivity (Wildman–Crippen MR) is 80.6 cm³/mol. The maximum atomic E-state index is 4.33. The summed E-state index contributed by atoms with van der Waals surface area (Å²) in [6.07, 6.45) is 0.963. The Kier molecular flexibility index (Phi) is 4.32. The molecule has 2 aromatic rings. The van der Waals surface area contributed by atoms with E-state index in [1.54, 1.807) is 0 Å². The van der Waals surface area contributed by atoms with Gasteiger partial charge in [-0.2, -0.15) is 0 Å². The van der Waals surface area contributed by atoms with Crippen LogP contribution in [-0.2, 0) is 11.8 Å². The van der Waals surface area contributed by atoms with Gasteiger partial charge in [-0.05, 0) is 30.6 Å². The minimum Gasteiger partial charge on any atom is -0.312 e. The van der Waals surface area contributed by atoms with Crippen LogP contribution in [0.4, 0.5) is 0 Å². The summed E-state index contributed by atoms with van der Waals surface area (Å²) in [5, 5.41) is 7.72. The Balaban J connectivity index is 2.26. The fraction of sp³-hybridized carbons (Fsp3) is 0.467. The second-order valence-corrected chi connectivity index (χ2v) is 6.55. The monoisotopic (exact) mass is 275 g/mol. The first-order valence-electron chi connectivity index (χ1n) is 6.56. The van der Waals surface area contributed by atoms with Gasteiger partial charge in [0.25, 0.3) is 0 Å². The lowest BCUT2D eigenvalue weighted by Crippen LogP contribution is -2.23. The Morgan fingerprint density at radius 2 is 1.89 bits per heavy atom. The van der Waals surface area contributed by atoms with Crippen molar-refractivity contribution in [2.24, 2.45) is 0 Å². The van der Waals surface area contributed by atoms with Crippen molar-refractivity contribution in [3.05, 3.63) is 46.5 Å². The van der Waals surface area contributed by atoms with E-state index < -0.39 is 0 Å². The van der Waals surface area contributed by atoms with E-state index in [1.165, 1.54) is 22.0 Å². The van der Waals surface area contributed by atoms with Gasteiger partial charge in [-0.25, -0.2) is 0 Å². The summed E-state index contributed by atoms with van der Waals surface area (Å²) >= 11 is 1.50. The predicted octanol–water partition coefficient (Wildman–Crippen LogP) is 3.34. The van der Waals surface area contributed by atoms with Crippen LogP contribution in [0.2, 0.25) is 0 Å². The summed E-state index contributed by atoms with van der Waals surface area (Å²) < 4.78 is 4.15. The van der Waals surface area contributed by atoms with E-state index in [0.29, 0.717) is 0 Å². The molecule has 0 radical (unpaired) electrons. The molecule has 1 unspecified atom stereocenters. The molecule has 0 aliphatic carbocycles. The molecule has 0 bridgehead atoms. The number of nitrogens with zero attached hydrogens (tertiary/aromatic N) is 2. The van der Waals surface area contributed by atoms with E-state index in [-0.39, 0.29) is 11.5 Å². The molecular formula is C15H21N3S. The number of rotatable bonds is 4. The SMILES string of the molecule is CNC(Cc1ccccc1)c1snnc1C(C)(C)C. The van der Waals surface area contributed by atoms with Gasteiger partial charge < -0.3 is 5.32 Å². The van der Waals surface area contributed by atoms with Crippen molar-refractivity contribution in [2.45, 2.75) is 38.6 Å². The van der Waals surface area contributed by atoms with E-state index in [9.17, 15) is 0 Å². The van der Waals surface area contributed by atoms with E-state index in [4.69, 9.17) is 0 Å². The molecule has 0 saturated heterocycles. The fourth-order valence-corrected chi connectivity index (χ4v) is 3.09. The van der Waals surface area contributed by atoms with Crippen LogP contribution in [0.5, 0.6) is 0 Å². The van der Waals surface area contributed by atoms with Crippen LogP contribution in [0.3, 0.4) is 0 Å². The highest BCUT2D eigenvalue weighted by molar-refractivity contribution is 7.05. The summed E-state index contributed by atoms with van der Waals surface area (Å²) in [7, 11) is 2.00. The smallest absolute Gasteiger partial charge is 0.0857 e. The van der Waals surface area contributed by atoms with Crippen LogP contribution in [0, 0.1) is 0 Å². The van der Waals surface area contributed by atoms with E-state index >= 15 is 0 Å². The number of hydrogen-bond acceptors (Lipinski definition) is 4. The first-order chi connectivity index (χ1) is 9.02. The molecule has 0 amide bonds. The lowest BCUT2D eigenvalue weighted by molar-refractivity contribution is 0.530. The molecule has 2 rings (SSSR count). The van der Waals surface area contributed by atoms with Crippen molar-refractivity contribution in [3.63, 3.8) is 0 Å². The molecule has 4 heteroatoms. The molecule has 0 spiro atoms. The van der Waals surface area contributed by atoms with Gasteiger partial charge in [-0.3, -0.25) is 0 Å². The lowest BCUT2D eigenvalue weighted by Gasteiger charge is -2.21. The zero-order valence-electron chi connectivity index (χ0n) is 12.0. The number of likely N-dealkylation sites (N-methyl/N-ethyl adjacent to an activating group) is 1. The highest BCUT2D eigenvalue weighted by Gasteiger charge is 2.26. The van der Waals surface area contributed by atoms with Gasteiger partial charge in [-0.15, -0.1) is 5.10 Å². The third-order valence-corrected chi connectivity index (χ3v) is 4.01. The average Bonchev–Trinajstić information content (AvgIpc) is 2.86. The Labute approximate surface area is 119 Å². The quantitative estimate of drug-likeness (QED) is 0.930. The lowest BCUT2D eigenvalue weighted by atomic mass is 9.89. The van der Waals surface area contributed by atoms with E-state index in [2.05, 4.69) is 59.9 Å². The molecular weight excluding hydrogens is 254 g/mol. The molecule has 3 nitrogen and oxygen atoms in total. The standard InChI is InChI=1S/C15H21N3S/c1-15(2,3)14-13(19-18-17-14)12(16-4)10-11-8-6-5-7-9-11/h5-9,12,16H,10H2,1-4H3. The first-order valence-corrected chi connectivity index (χ1v) is 7.33. The molecule has 1 N–H and O–H groups in total. The van der Waals surface area contributed by atoms with Crippen molar-refractivity contribution in [1.82, 2.24) is 14.9 Å². The van der Waals surface area contributed by atoms with Crippen molar-refractivity contribution in [2.75, 3.05) is 7.05 Å². The fourth-order valence-electron chi connectivity index (χ4n) is 2.12. The van der Waals surface area contributed by atoms with Gasteiger partial charge in [-0.1, -0.05) is 55.6 Å². The number of hydrogen-bond donors (Lipinski definition) is 1. The molecule has 0 fully saturated rings. The molecule has 0 saturated carbocycles. The maximum Gasteiger partial charge on any atom is 0.0857 e. The normalized spacial score (nSPS) is 13.5. The summed E-state index contributed by atoms with van der Waals surface area (Å²) in [4.78, 5) is 1.25. The molecule has 1 aromatic heterocycles. The Morgan fingerprint density at radius 3 is 2.47 bits per heavy atom. The van der Waals surface area contributed by atoms with Gasteiger partial charge in [0, 0.05) is 11.5 Å². The van der Waals surface area contributed by atoms with Crippen LogP contribution >= 0.6 is 11.5 Å². The number of aromatic nitrogens is 2. The molecule has 1 aromatic carbocycles. The highest BCUT2D eigenvalue weighted by Crippen LogP contribution is 2.31. The minimum atomic E-state index is 0.0358. The first kappa shape index (κ1) is 14.2. The number of benzene rings is 1. The van der Waals surface area contributed by atoms with E-state index in [1.807, 2.05) is 13.1 Å². The van der Waals surface area contributed by atoms with Crippen molar-refractivity contribution < 1.29 is 0 Å². The topological polar surface area (TPSA) is 37.8 Å². The van der Waals surface area contributed by atoms with Crippen LogP contribution in [-0.4, -0.2) is 16.6 Å².